The molecule has 0 aromatic rings. The van der Waals surface area contributed by atoms with Crippen LogP contribution >= 0.6 is 0 Å². The van der Waals surface area contributed by atoms with Crippen molar-refractivity contribution in [3.8, 4) is 0 Å². The van der Waals surface area contributed by atoms with E-state index in [0.29, 0.717) is 0 Å². The van der Waals surface area contributed by atoms with E-state index in [1.165, 1.54) is 32.8 Å². The largest absolute Gasteiger partial charge is 0.347 e. The van der Waals surface area contributed by atoms with Crippen molar-refractivity contribution >= 4 is 15.7 Å². The molecule has 0 fully saturated rings. The normalized spacial score (nSPS) is 12.8. The third-order valence-electron chi connectivity index (χ3n) is 1.85. The molecule has 0 aliphatic carbocycles. The zero-order valence-corrected chi connectivity index (χ0v) is 8.90. The van der Waals surface area contributed by atoms with Gasteiger partial charge in [0.05, 0.1) is 0 Å². The van der Waals surface area contributed by atoms with E-state index in [-0.39, 0.29) is 0 Å². The van der Waals surface area contributed by atoms with Crippen molar-refractivity contribution in [2.24, 2.45) is 0 Å². The molecule has 5 heteroatoms. The lowest BCUT2D eigenvalue weighted by Gasteiger charge is -2.24. The fourth-order valence-corrected chi connectivity index (χ4v) is 1.20. The SMILES string of the molecule is CN(C)C(=O)C(C)(C)S(C)(=O)=O. The molecule has 0 atom stereocenters. The highest BCUT2D eigenvalue weighted by Crippen LogP contribution is 2.16. The van der Waals surface area contributed by atoms with Crippen molar-refractivity contribution in [3.05, 3.63) is 0 Å². The maximum absolute atomic E-state index is 11.4. The third kappa shape index (κ3) is 1.97. The fourth-order valence-electron chi connectivity index (χ4n) is 0.697. The lowest BCUT2D eigenvalue weighted by molar-refractivity contribution is -0.130. The zero-order valence-electron chi connectivity index (χ0n) is 8.08. The molecule has 0 rings (SSSR count). The zero-order chi connectivity index (χ0) is 10.2. The molecular formula is C7H15NO3S. The Balaban J connectivity index is 5.01. The maximum Gasteiger partial charge on any atom is 0.242 e. The van der Waals surface area contributed by atoms with Crippen molar-refractivity contribution in [1.29, 1.82) is 0 Å². The molecule has 12 heavy (non-hydrogen) atoms. The highest BCUT2D eigenvalue weighted by atomic mass is 32.2. The molecule has 0 radical (unpaired) electrons. The van der Waals surface area contributed by atoms with Gasteiger partial charge in [-0.15, -0.1) is 0 Å². The van der Waals surface area contributed by atoms with Crippen molar-refractivity contribution in [2.45, 2.75) is 18.6 Å². The van der Waals surface area contributed by atoms with Gasteiger partial charge in [0.25, 0.3) is 0 Å². The highest BCUT2D eigenvalue weighted by Gasteiger charge is 2.39. The summed E-state index contributed by atoms with van der Waals surface area (Å²) in [5.74, 6) is -0.398. The minimum atomic E-state index is -3.34. The summed E-state index contributed by atoms with van der Waals surface area (Å²) in [6, 6.07) is 0. The second-order valence-corrected chi connectivity index (χ2v) is 6.05. The third-order valence-corrected chi connectivity index (χ3v) is 3.88. The van der Waals surface area contributed by atoms with E-state index in [4.69, 9.17) is 0 Å². The van der Waals surface area contributed by atoms with Crippen molar-refractivity contribution < 1.29 is 13.2 Å². The first-order valence-corrected chi connectivity index (χ1v) is 5.41. The van der Waals surface area contributed by atoms with Gasteiger partial charge in [-0.05, 0) is 13.8 Å². The Morgan fingerprint density at radius 2 is 1.58 bits per heavy atom. The molecule has 0 saturated heterocycles. The fraction of sp³-hybridized carbons (Fsp3) is 0.857. The minimum Gasteiger partial charge on any atom is -0.347 e. The van der Waals surface area contributed by atoms with Crippen molar-refractivity contribution in [1.82, 2.24) is 4.90 Å². The van der Waals surface area contributed by atoms with E-state index in [1.807, 2.05) is 0 Å². The van der Waals surface area contributed by atoms with Gasteiger partial charge in [-0.2, -0.15) is 0 Å². The van der Waals surface area contributed by atoms with Crippen LogP contribution in [-0.2, 0) is 14.6 Å². The van der Waals surface area contributed by atoms with Crippen LogP contribution in [0.4, 0.5) is 0 Å². The lowest BCUT2D eigenvalue weighted by Crippen LogP contribution is -2.46. The molecule has 0 saturated carbocycles. The average molecular weight is 193 g/mol. The van der Waals surface area contributed by atoms with Gasteiger partial charge in [0, 0.05) is 20.4 Å². The first-order chi connectivity index (χ1) is 5.10. The lowest BCUT2D eigenvalue weighted by atomic mass is 10.2. The average Bonchev–Trinajstić information content (AvgIpc) is 1.83. The van der Waals surface area contributed by atoms with Gasteiger partial charge in [0.15, 0.2) is 9.84 Å². The summed E-state index contributed by atoms with van der Waals surface area (Å²) in [6.45, 7) is 2.81. The van der Waals surface area contributed by atoms with Crippen LogP contribution in [0.3, 0.4) is 0 Å². The monoisotopic (exact) mass is 193 g/mol. The van der Waals surface area contributed by atoms with Gasteiger partial charge < -0.3 is 4.90 Å². The molecule has 0 aliphatic rings. The number of carbonyl (C=O) groups is 1. The van der Waals surface area contributed by atoms with Crippen LogP contribution in [-0.4, -0.2) is 44.3 Å². The number of sulfone groups is 1. The van der Waals surface area contributed by atoms with E-state index in [0.717, 1.165) is 6.26 Å². The number of hydrogen-bond acceptors (Lipinski definition) is 3. The Kier molecular flexibility index (Phi) is 2.90. The Bertz CT molecular complexity index is 277. The molecule has 0 unspecified atom stereocenters. The van der Waals surface area contributed by atoms with Crippen LogP contribution in [0, 0.1) is 0 Å². The Morgan fingerprint density at radius 3 is 1.67 bits per heavy atom. The van der Waals surface area contributed by atoms with Crippen LogP contribution in [0.5, 0.6) is 0 Å². The Morgan fingerprint density at radius 1 is 1.25 bits per heavy atom. The summed E-state index contributed by atoms with van der Waals surface area (Å²) in [4.78, 5) is 12.6. The number of carbonyl (C=O) groups excluding carboxylic acids is 1. The number of amides is 1. The molecule has 0 aromatic heterocycles. The van der Waals surface area contributed by atoms with E-state index < -0.39 is 20.5 Å². The predicted octanol–water partition coefficient (Wildman–Crippen LogP) is -0.102. The van der Waals surface area contributed by atoms with Gasteiger partial charge in [-0.3, -0.25) is 4.79 Å². The van der Waals surface area contributed by atoms with Crippen LogP contribution < -0.4 is 0 Å². The van der Waals surface area contributed by atoms with E-state index in [9.17, 15) is 13.2 Å². The number of rotatable bonds is 2. The molecule has 0 bridgehead atoms. The summed E-state index contributed by atoms with van der Waals surface area (Å²) in [5, 5.41) is 0. The van der Waals surface area contributed by atoms with Gasteiger partial charge >= 0.3 is 0 Å². The molecule has 0 aliphatic heterocycles. The van der Waals surface area contributed by atoms with E-state index >= 15 is 0 Å². The smallest absolute Gasteiger partial charge is 0.242 e. The summed E-state index contributed by atoms with van der Waals surface area (Å²) in [5.41, 5.74) is 0. The van der Waals surface area contributed by atoms with Crippen molar-refractivity contribution in [3.63, 3.8) is 0 Å². The first-order valence-electron chi connectivity index (χ1n) is 3.52. The van der Waals surface area contributed by atoms with E-state index in [1.54, 1.807) is 0 Å². The Labute approximate surface area is 73.5 Å². The maximum atomic E-state index is 11.4. The first kappa shape index (κ1) is 11.4. The molecule has 0 aromatic carbocycles. The van der Waals surface area contributed by atoms with E-state index in [2.05, 4.69) is 0 Å². The molecule has 1 amide bonds. The molecule has 0 spiro atoms. The van der Waals surface area contributed by atoms with Gasteiger partial charge in [-0.1, -0.05) is 0 Å². The molecule has 0 heterocycles. The van der Waals surface area contributed by atoms with Gasteiger partial charge in [0.1, 0.15) is 4.75 Å². The molecule has 0 N–H and O–H groups in total. The van der Waals surface area contributed by atoms with Crippen LogP contribution in [0.15, 0.2) is 0 Å². The summed E-state index contributed by atoms with van der Waals surface area (Å²) in [6.07, 6.45) is 1.06. The number of nitrogens with zero attached hydrogens (tertiary/aromatic N) is 1. The highest BCUT2D eigenvalue weighted by molar-refractivity contribution is 7.92. The Hall–Kier alpha value is -0.580. The molecular weight excluding hydrogens is 178 g/mol. The minimum absolute atomic E-state index is 0.398. The molecule has 72 valence electrons. The number of hydrogen-bond donors (Lipinski definition) is 0. The standard InChI is InChI=1S/C7H15NO3S/c1-7(2,12(5,10)11)6(9)8(3)4/h1-5H3. The molecule has 4 nitrogen and oxygen atoms in total. The van der Waals surface area contributed by atoms with Crippen molar-refractivity contribution in [2.75, 3.05) is 20.4 Å². The summed E-state index contributed by atoms with van der Waals surface area (Å²) < 4.78 is 21.0. The second-order valence-electron chi connectivity index (χ2n) is 3.48. The van der Waals surface area contributed by atoms with Gasteiger partial charge in [0.2, 0.25) is 5.91 Å². The van der Waals surface area contributed by atoms with Gasteiger partial charge in [-0.25, -0.2) is 8.42 Å². The summed E-state index contributed by atoms with van der Waals surface area (Å²) in [7, 11) is -0.264. The van der Waals surface area contributed by atoms with Crippen LogP contribution in [0.25, 0.3) is 0 Å². The van der Waals surface area contributed by atoms with Crippen LogP contribution in [0.2, 0.25) is 0 Å². The second kappa shape index (κ2) is 3.05. The quantitative estimate of drug-likeness (QED) is 0.615. The topological polar surface area (TPSA) is 54.5 Å². The predicted molar refractivity (Wildman–Crippen MR) is 47.6 cm³/mol. The van der Waals surface area contributed by atoms with Crippen LogP contribution in [0.1, 0.15) is 13.8 Å². The summed E-state index contributed by atoms with van der Waals surface area (Å²) >= 11 is 0.